The third-order valence-electron chi connectivity index (χ3n) is 3.46. The SMILES string of the molecule is [C-]#[N+]C(Cc1ccc(Br)cc1)C(=O)N[C@@H](C)c1ccccc1. The van der Waals surface area contributed by atoms with Crippen LogP contribution in [0.2, 0.25) is 0 Å². The Morgan fingerprint density at radius 3 is 2.41 bits per heavy atom. The summed E-state index contributed by atoms with van der Waals surface area (Å²) in [5, 5.41) is 2.92. The van der Waals surface area contributed by atoms with Crippen LogP contribution in [0.3, 0.4) is 0 Å². The lowest BCUT2D eigenvalue weighted by molar-refractivity contribution is -0.122. The van der Waals surface area contributed by atoms with E-state index in [-0.39, 0.29) is 11.9 Å². The molecule has 2 rings (SSSR count). The van der Waals surface area contributed by atoms with Gasteiger partial charge in [-0.05, 0) is 30.2 Å². The molecule has 1 N–H and O–H groups in total. The molecular formula is C18H17BrN2O. The maximum atomic E-state index is 12.3. The monoisotopic (exact) mass is 356 g/mol. The number of hydrogen-bond donors (Lipinski definition) is 1. The topological polar surface area (TPSA) is 33.5 Å². The van der Waals surface area contributed by atoms with Crippen molar-refractivity contribution in [2.24, 2.45) is 0 Å². The molecule has 1 unspecified atom stereocenters. The summed E-state index contributed by atoms with van der Waals surface area (Å²) < 4.78 is 0.984. The molecule has 22 heavy (non-hydrogen) atoms. The molecule has 2 atom stereocenters. The summed E-state index contributed by atoms with van der Waals surface area (Å²) >= 11 is 3.38. The molecule has 0 saturated carbocycles. The normalized spacial score (nSPS) is 13.0. The van der Waals surface area contributed by atoms with Crippen LogP contribution in [-0.2, 0) is 11.2 Å². The molecule has 0 saturated heterocycles. The van der Waals surface area contributed by atoms with Crippen LogP contribution in [-0.4, -0.2) is 11.9 Å². The van der Waals surface area contributed by atoms with Crippen LogP contribution >= 0.6 is 15.9 Å². The molecule has 112 valence electrons. The number of halogens is 1. The van der Waals surface area contributed by atoms with Gasteiger partial charge >= 0.3 is 11.9 Å². The van der Waals surface area contributed by atoms with Crippen molar-refractivity contribution >= 4 is 21.8 Å². The highest BCUT2D eigenvalue weighted by Crippen LogP contribution is 2.15. The second kappa shape index (κ2) is 7.77. The molecule has 0 aliphatic carbocycles. The lowest BCUT2D eigenvalue weighted by Crippen LogP contribution is -2.35. The molecular weight excluding hydrogens is 340 g/mol. The van der Waals surface area contributed by atoms with Gasteiger partial charge in [-0.2, -0.15) is 0 Å². The zero-order chi connectivity index (χ0) is 15.9. The van der Waals surface area contributed by atoms with Crippen molar-refractivity contribution in [1.29, 1.82) is 0 Å². The predicted octanol–water partition coefficient (Wildman–Crippen LogP) is 4.16. The second-order valence-electron chi connectivity index (χ2n) is 5.12. The van der Waals surface area contributed by atoms with Crippen LogP contribution in [0.4, 0.5) is 0 Å². The first-order valence-electron chi connectivity index (χ1n) is 7.06. The van der Waals surface area contributed by atoms with Crippen molar-refractivity contribution in [3.63, 3.8) is 0 Å². The first kappa shape index (κ1) is 16.3. The van der Waals surface area contributed by atoms with E-state index in [0.29, 0.717) is 6.42 Å². The number of carbonyl (C=O) groups excluding carboxylic acids is 1. The van der Waals surface area contributed by atoms with Gasteiger partial charge in [0.2, 0.25) is 0 Å². The third kappa shape index (κ3) is 4.44. The van der Waals surface area contributed by atoms with Gasteiger partial charge in [-0.1, -0.05) is 58.4 Å². The highest BCUT2D eigenvalue weighted by Gasteiger charge is 2.25. The van der Waals surface area contributed by atoms with Crippen LogP contribution < -0.4 is 5.32 Å². The summed E-state index contributed by atoms with van der Waals surface area (Å²) in [6.07, 6.45) is 0.421. The molecule has 3 nitrogen and oxygen atoms in total. The maximum absolute atomic E-state index is 12.3. The summed E-state index contributed by atoms with van der Waals surface area (Å²) in [6, 6.07) is 16.6. The second-order valence-corrected chi connectivity index (χ2v) is 6.03. The van der Waals surface area contributed by atoms with Gasteiger partial charge in [0.05, 0.1) is 12.5 Å². The Kier molecular flexibility index (Phi) is 5.74. The number of benzene rings is 2. The number of carbonyl (C=O) groups is 1. The fraction of sp³-hybridized carbons (Fsp3) is 0.222. The Hall–Kier alpha value is -2.12. The van der Waals surface area contributed by atoms with E-state index in [2.05, 4.69) is 26.1 Å². The van der Waals surface area contributed by atoms with Gasteiger partial charge in [-0.25, -0.2) is 6.57 Å². The fourth-order valence-corrected chi connectivity index (χ4v) is 2.44. The van der Waals surface area contributed by atoms with Crippen molar-refractivity contribution in [2.75, 3.05) is 0 Å². The molecule has 0 bridgehead atoms. The summed E-state index contributed by atoms with van der Waals surface area (Å²) in [6.45, 7) is 9.21. The van der Waals surface area contributed by atoms with Gasteiger partial charge in [-0.15, -0.1) is 0 Å². The smallest absolute Gasteiger partial charge is 0.304 e. The van der Waals surface area contributed by atoms with E-state index in [1.165, 1.54) is 0 Å². The molecule has 1 amide bonds. The molecule has 0 spiro atoms. The van der Waals surface area contributed by atoms with Crippen LogP contribution in [0, 0.1) is 6.57 Å². The molecule has 2 aromatic rings. The third-order valence-corrected chi connectivity index (χ3v) is 3.99. The lowest BCUT2D eigenvalue weighted by Gasteiger charge is -2.15. The van der Waals surface area contributed by atoms with Gasteiger partial charge in [-0.3, -0.25) is 4.79 Å². The number of rotatable bonds is 5. The molecule has 2 aromatic carbocycles. The summed E-state index contributed by atoms with van der Waals surface area (Å²) in [4.78, 5) is 15.8. The molecule has 0 aliphatic rings. The molecule has 4 heteroatoms. The molecule has 0 fully saturated rings. The van der Waals surface area contributed by atoms with E-state index >= 15 is 0 Å². The van der Waals surface area contributed by atoms with Crippen molar-refractivity contribution in [1.82, 2.24) is 5.32 Å². The molecule has 0 aliphatic heterocycles. The first-order valence-corrected chi connectivity index (χ1v) is 7.86. The Labute approximate surface area is 139 Å². The zero-order valence-electron chi connectivity index (χ0n) is 12.3. The van der Waals surface area contributed by atoms with Gasteiger partial charge in [0, 0.05) is 4.47 Å². The van der Waals surface area contributed by atoms with Crippen molar-refractivity contribution < 1.29 is 4.79 Å². The van der Waals surface area contributed by atoms with Crippen LogP contribution in [0.1, 0.15) is 24.1 Å². The fourth-order valence-electron chi connectivity index (χ4n) is 2.18. The van der Waals surface area contributed by atoms with Crippen molar-refractivity contribution in [3.8, 4) is 0 Å². The molecule has 0 heterocycles. The predicted molar refractivity (Wildman–Crippen MR) is 91.2 cm³/mol. The Morgan fingerprint density at radius 1 is 1.18 bits per heavy atom. The standard InChI is InChI=1S/C18H17BrN2O/c1-13(15-6-4-3-5-7-15)21-18(22)17(20-2)12-14-8-10-16(19)11-9-14/h3-11,13,17H,12H2,1H3,(H,21,22)/t13-,17?/m0/s1. The minimum Gasteiger partial charge on any atom is -0.343 e. The maximum Gasteiger partial charge on any atom is 0.304 e. The van der Waals surface area contributed by atoms with Crippen LogP contribution in [0.15, 0.2) is 59.1 Å². The minimum absolute atomic E-state index is 0.108. The van der Waals surface area contributed by atoms with Gasteiger partial charge in [0.15, 0.2) is 0 Å². The molecule has 0 radical (unpaired) electrons. The van der Waals surface area contributed by atoms with Gasteiger partial charge in [0.1, 0.15) is 0 Å². The quantitative estimate of drug-likeness (QED) is 0.801. The number of nitrogens with one attached hydrogen (secondary N) is 1. The van der Waals surface area contributed by atoms with Crippen LogP contribution in [0.25, 0.3) is 4.85 Å². The highest BCUT2D eigenvalue weighted by atomic mass is 79.9. The average Bonchev–Trinajstić information content (AvgIpc) is 2.55. The number of nitrogens with zero attached hydrogens (tertiary/aromatic N) is 1. The van der Waals surface area contributed by atoms with E-state index in [1.54, 1.807) is 0 Å². The summed E-state index contributed by atoms with van der Waals surface area (Å²) in [5.74, 6) is -0.228. The largest absolute Gasteiger partial charge is 0.343 e. The Balaban J connectivity index is 2.00. The van der Waals surface area contributed by atoms with Gasteiger partial charge < -0.3 is 10.2 Å². The van der Waals surface area contributed by atoms with Crippen molar-refractivity contribution in [2.45, 2.75) is 25.4 Å². The van der Waals surface area contributed by atoms with Gasteiger partial charge in [0.25, 0.3) is 0 Å². The van der Waals surface area contributed by atoms with E-state index in [4.69, 9.17) is 6.57 Å². The summed E-state index contributed by atoms with van der Waals surface area (Å²) in [5.41, 5.74) is 2.01. The zero-order valence-corrected chi connectivity index (χ0v) is 13.9. The average molecular weight is 357 g/mol. The van der Waals surface area contributed by atoms with Crippen LogP contribution in [0.5, 0.6) is 0 Å². The lowest BCUT2D eigenvalue weighted by atomic mass is 10.0. The van der Waals surface area contributed by atoms with E-state index in [1.807, 2.05) is 61.5 Å². The molecule has 0 aromatic heterocycles. The highest BCUT2D eigenvalue weighted by molar-refractivity contribution is 9.10. The van der Waals surface area contributed by atoms with E-state index in [9.17, 15) is 4.79 Å². The van der Waals surface area contributed by atoms with E-state index < -0.39 is 6.04 Å². The first-order chi connectivity index (χ1) is 10.6. The minimum atomic E-state index is -0.702. The Bertz CT molecular complexity index is 662. The van der Waals surface area contributed by atoms with E-state index in [0.717, 1.165) is 15.6 Å². The summed E-state index contributed by atoms with van der Waals surface area (Å²) in [7, 11) is 0. The Morgan fingerprint density at radius 2 is 1.82 bits per heavy atom. The number of hydrogen-bond acceptors (Lipinski definition) is 1. The number of amides is 1. The van der Waals surface area contributed by atoms with Crippen molar-refractivity contribution in [3.05, 3.63) is 81.6 Å².